The summed E-state index contributed by atoms with van der Waals surface area (Å²) in [4.78, 5) is 18.1. The molecule has 3 rings (SSSR count). The van der Waals surface area contributed by atoms with Gasteiger partial charge in [0.15, 0.2) is 4.80 Å². The topological polar surface area (TPSA) is 71.7 Å². The Hall–Kier alpha value is -2.29. The first kappa shape index (κ1) is 24.4. The van der Waals surface area contributed by atoms with E-state index in [0.717, 1.165) is 23.1 Å². The van der Waals surface area contributed by atoms with Gasteiger partial charge >= 0.3 is 0 Å². The molecule has 32 heavy (non-hydrogen) atoms. The fourth-order valence-corrected chi connectivity index (χ4v) is 6.31. The lowest BCUT2D eigenvalue weighted by Gasteiger charge is -2.20. The lowest BCUT2D eigenvalue weighted by molar-refractivity contribution is 0.0997. The molecule has 0 N–H and O–H groups in total. The van der Waals surface area contributed by atoms with Gasteiger partial charge in [-0.3, -0.25) is 4.79 Å². The molecular formula is C24H31N3O3S2. The molecule has 0 unspecified atom stereocenters. The van der Waals surface area contributed by atoms with E-state index in [2.05, 4.69) is 35.5 Å². The van der Waals surface area contributed by atoms with Crippen LogP contribution in [0.25, 0.3) is 10.2 Å². The summed E-state index contributed by atoms with van der Waals surface area (Å²) in [5, 5.41) is 0. The van der Waals surface area contributed by atoms with Crippen LogP contribution in [0, 0.1) is 13.8 Å². The Morgan fingerprint density at radius 2 is 1.75 bits per heavy atom. The molecule has 0 atom stereocenters. The first-order valence-electron chi connectivity index (χ1n) is 11.0. The maximum absolute atomic E-state index is 12.9. The maximum Gasteiger partial charge on any atom is 0.279 e. The number of unbranched alkanes of at least 4 members (excludes halogenated alkanes) is 1. The largest absolute Gasteiger partial charge is 0.316 e. The highest BCUT2D eigenvalue weighted by Crippen LogP contribution is 2.24. The highest BCUT2D eigenvalue weighted by molar-refractivity contribution is 7.89. The molecule has 2 aromatic carbocycles. The number of amides is 1. The quantitative estimate of drug-likeness (QED) is 0.468. The van der Waals surface area contributed by atoms with Gasteiger partial charge in [-0.25, -0.2) is 8.42 Å². The van der Waals surface area contributed by atoms with Gasteiger partial charge < -0.3 is 4.57 Å². The number of hydrogen-bond acceptors (Lipinski definition) is 4. The molecule has 0 radical (unpaired) electrons. The molecule has 0 fully saturated rings. The second-order valence-corrected chi connectivity index (χ2v) is 10.7. The van der Waals surface area contributed by atoms with Crippen molar-refractivity contribution in [2.75, 3.05) is 13.1 Å². The minimum atomic E-state index is -3.57. The fourth-order valence-electron chi connectivity index (χ4n) is 3.67. The van der Waals surface area contributed by atoms with E-state index in [0.29, 0.717) is 30.0 Å². The Morgan fingerprint density at radius 1 is 1.06 bits per heavy atom. The third-order valence-electron chi connectivity index (χ3n) is 5.73. The number of carbonyl (C=O) groups excluding carboxylic acids is 1. The molecular weight excluding hydrogens is 442 g/mol. The van der Waals surface area contributed by atoms with Crippen molar-refractivity contribution >= 4 is 37.5 Å². The lowest BCUT2D eigenvalue weighted by atomic mass is 10.1. The molecule has 8 heteroatoms. The molecule has 1 aromatic heterocycles. The lowest BCUT2D eigenvalue weighted by Crippen LogP contribution is -2.31. The third kappa shape index (κ3) is 4.72. The number of nitrogens with zero attached hydrogens (tertiary/aromatic N) is 3. The Balaban J connectivity index is 1.95. The number of thiazole rings is 1. The summed E-state index contributed by atoms with van der Waals surface area (Å²) in [6.07, 6.45) is 1.74. The van der Waals surface area contributed by atoms with Gasteiger partial charge in [0.2, 0.25) is 10.0 Å². The summed E-state index contributed by atoms with van der Waals surface area (Å²) in [5.74, 6) is -0.379. The molecule has 0 saturated carbocycles. The average Bonchev–Trinajstić information content (AvgIpc) is 3.14. The van der Waals surface area contributed by atoms with Crippen LogP contribution in [-0.2, 0) is 16.6 Å². The number of aryl methyl sites for hydroxylation is 3. The minimum absolute atomic E-state index is 0.198. The first-order valence-corrected chi connectivity index (χ1v) is 13.3. The Kier molecular flexibility index (Phi) is 7.69. The Morgan fingerprint density at radius 3 is 2.34 bits per heavy atom. The predicted octanol–water partition coefficient (Wildman–Crippen LogP) is 4.89. The van der Waals surface area contributed by atoms with Crippen molar-refractivity contribution in [3.63, 3.8) is 0 Å². The third-order valence-corrected chi connectivity index (χ3v) is 8.77. The number of benzene rings is 2. The summed E-state index contributed by atoms with van der Waals surface area (Å²) in [5.41, 5.74) is 3.87. The van der Waals surface area contributed by atoms with Crippen LogP contribution in [0.15, 0.2) is 46.3 Å². The summed E-state index contributed by atoms with van der Waals surface area (Å²) in [6, 6.07) is 10.2. The number of carbonyl (C=O) groups is 1. The van der Waals surface area contributed by atoms with Crippen LogP contribution in [0.3, 0.4) is 0 Å². The zero-order valence-electron chi connectivity index (χ0n) is 19.4. The molecule has 1 heterocycles. The first-order chi connectivity index (χ1) is 15.2. The van der Waals surface area contributed by atoms with Gasteiger partial charge in [-0.15, -0.1) is 0 Å². The number of sulfonamides is 1. The van der Waals surface area contributed by atoms with Crippen molar-refractivity contribution in [3.05, 3.63) is 57.9 Å². The predicted molar refractivity (Wildman–Crippen MR) is 131 cm³/mol. The molecule has 0 spiro atoms. The van der Waals surface area contributed by atoms with Gasteiger partial charge in [0.1, 0.15) is 0 Å². The normalized spacial score (nSPS) is 12.8. The fraction of sp³-hybridized carbons (Fsp3) is 0.417. The number of rotatable bonds is 8. The molecule has 172 valence electrons. The molecule has 0 aliphatic rings. The summed E-state index contributed by atoms with van der Waals surface area (Å²) in [6.45, 7) is 11.7. The molecule has 0 aliphatic heterocycles. The van der Waals surface area contributed by atoms with Gasteiger partial charge in [0.05, 0.1) is 15.1 Å². The standard InChI is InChI=1S/C24H31N3O3S2/c1-6-9-16-26(7-2)32(29,30)20-13-11-19(12-14-20)23(28)25-24-27(8-3)22-18(5)17(4)10-15-21(22)31-24/h10-15H,6-9,16H2,1-5H3. The number of aromatic nitrogens is 1. The Bertz CT molecular complexity index is 1290. The van der Waals surface area contributed by atoms with E-state index in [9.17, 15) is 13.2 Å². The minimum Gasteiger partial charge on any atom is -0.316 e. The van der Waals surface area contributed by atoms with Crippen molar-refractivity contribution in [3.8, 4) is 0 Å². The smallest absolute Gasteiger partial charge is 0.279 e. The van der Waals surface area contributed by atoms with Crippen LogP contribution >= 0.6 is 11.3 Å². The van der Waals surface area contributed by atoms with E-state index in [1.165, 1.54) is 38.9 Å². The van der Waals surface area contributed by atoms with Crippen molar-refractivity contribution in [1.82, 2.24) is 8.87 Å². The van der Waals surface area contributed by atoms with Gasteiger partial charge in [-0.1, -0.05) is 37.7 Å². The van der Waals surface area contributed by atoms with Crippen LogP contribution in [0.1, 0.15) is 55.1 Å². The number of fused-ring (bicyclic) bond motifs is 1. The molecule has 3 aromatic rings. The van der Waals surface area contributed by atoms with Gasteiger partial charge in [0.25, 0.3) is 5.91 Å². The van der Waals surface area contributed by atoms with E-state index >= 15 is 0 Å². The van der Waals surface area contributed by atoms with Crippen molar-refractivity contribution in [2.24, 2.45) is 4.99 Å². The van der Waals surface area contributed by atoms with E-state index in [1.807, 2.05) is 20.8 Å². The van der Waals surface area contributed by atoms with Gasteiger partial charge in [0, 0.05) is 25.2 Å². The van der Waals surface area contributed by atoms with Crippen LogP contribution in [-0.4, -0.2) is 36.3 Å². The molecule has 0 aliphatic carbocycles. The Labute approximate surface area is 194 Å². The zero-order chi connectivity index (χ0) is 23.5. The van der Waals surface area contributed by atoms with E-state index in [1.54, 1.807) is 12.1 Å². The molecule has 0 saturated heterocycles. The van der Waals surface area contributed by atoms with Crippen molar-refractivity contribution in [1.29, 1.82) is 0 Å². The van der Waals surface area contributed by atoms with Gasteiger partial charge in [-0.2, -0.15) is 9.30 Å². The van der Waals surface area contributed by atoms with Crippen LogP contribution in [0.2, 0.25) is 0 Å². The van der Waals surface area contributed by atoms with E-state index in [-0.39, 0.29) is 10.8 Å². The summed E-state index contributed by atoms with van der Waals surface area (Å²) < 4.78 is 30.4. The van der Waals surface area contributed by atoms with Crippen molar-refractivity contribution in [2.45, 2.75) is 58.9 Å². The van der Waals surface area contributed by atoms with Crippen molar-refractivity contribution < 1.29 is 13.2 Å². The summed E-state index contributed by atoms with van der Waals surface area (Å²) >= 11 is 1.49. The van der Waals surface area contributed by atoms with Crippen LogP contribution in [0.5, 0.6) is 0 Å². The van der Waals surface area contributed by atoms with Crippen LogP contribution in [0.4, 0.5) is 0 Å². The second kappa shape index (κ2) is 10.1. The second-order valence-electron chi connectivity index (χ2n) is 7.77. The SMILES string of the molecule is CCCCN(CC)S(=O)(=O)c1ccc(C(=O)N=c2sc3ccc(C)c(C)c3n2CC)cc1. The van der Waals surface area contributed by atoms with E-state index in [4.69, 9.17) is 0 Å². The van der Waals surface area contributed by atoms with Gasteiger partial charge in [-0.05, 0) is 68.7 Å². The molecule has 1 amide bonds. The highest BCUT2D eigenvalue weighted by atomic mass is 32.2. The summed E-state index contributed by atoms with van der Waals surface area (Å²) in [7, 11) is -3.57. The van der Waals surface area contributed by atoms with Crippen LogP contribution < -0.4 is 4.80 Å². The monoisotopic (exact) mass is 473 g/mol. The maximum atomic E-state index is 12.9. The van der Waals surface area contributed by atoms with E-state index < -0.39 is 10.0 Å². The average molecular weight is 474 g/mol. The highest BCUT2D eigenvalue weighted by Gasteiger charge is 2.22. The molecule has 6 nitrogen and oxygen atoms in total. The molecule has 0 bridgehead atoms. The number of hydrogen-bond donors (Lipinski definition) is 0. The zero-order valence-corrected chi connectivity index (χ0v) is 21.0.